The number of carbonyl (C=O) groups excluding carboxylic acids is 2. The van der Waals surface area contributed by atoms with Crippen molar-refractivity contribution in [2.24, 2.45) is 5.10 Å². The van der Waals surface area contributed by atoms with Gasteiger partial charge in [0.25, 0.3) is 0 Å². The minimum atomic E-state index is -0.839. The summed E-state index contributed by atoms with van der Waals surface area (Å²) >= 11 is 3.32. The number of amides is 2. The van der Waals surface area contributed by atoms with Crippen molar-refractivity contribution in [3.8, 4) is 0 Å². The highest BCUT2D eigenvalue weighted by molar-refractivity contribution is 9.10. The van der Waals surface area contributed by atoms with Gasteiger partial charge in [-0.1, -0.05) is 64.5 Å². The van der Waals surface area contributed by atoms with Crippen molar-refractivity contribution >= 4 is 61.2 Å². The van der Waals surface area contributed by atoms with E-state index in [9.17, 15) is 9.59 Å². The second-order valence-corrected chi connectivity index (χ2v) is 7.31. The van der Waals surface area contributed by atoms with Crippen molar-refractivity contribution in [1.82, 2.24) is 5.43 Å². The monoisotopic (exact) mass is 445 g/mol. The Morgan fingerprint density at radius 1 is 0.793 bits per heavy atom. The fourth-order valence-electron chi connectivity index (χ4n) is 3.12. The molecular weight excluding hydrogens is 430 g/mol. The molecule has 0 radical (unpaired) electrons. The quantitative estimate of drug-likeness (QED) is 0.205. The number of anilines is 1. The lowest BCUT2D eigenvalue weighted by Crippen LogP contribution is -2.32. The van der Waals surface area contributed by atoms with Crippen LogP contribution in [0.5, 0.6) is 0 Å². The Morgan fingerprint density at radius 3 is 2.00 bits per heavy atom. The number of fused-ring (bicyclic) bond motifs is 2. The fraction of sp³-hybridized carbons (Fsp3) is 0. The Labute approximate surface area is 175 Å². The molecule has 0 saturated carbocycles. The molecule has 2 amide bonds. The molecule has 142 valence electrons. The van der Waals surface area contributed by atoms with E-state index in [-0.39, 0.29) is 0 Å². The van der Waals surface area contributed by atoms with Crippen LogP contribution in [0, 0.1) is 0 Å². The minimum Gasteiger partial charge on any atom is -0.318 e. The maximum Gasteiger partial charge on any atom is 0.329 e. The molecule has 0 unspecified atom stereocenters. The van der Waals surface area contributed by atoms with Gasteiger partial charge in [-0.25, -0.2) is 5.43 Å². The van der Waals surface area contributed by atoms with Crippen LogP contribution in [0.3, 0.4) is 0 Å². The average Bonchev–Trinajstić information content (AvgIpc) is 2.74. The van der Waals surface area contributed by atoms with Crippen molar-refractivity contribution in [1.29, 1.82) is 0 Å². The van der Waals surface area contributed by atoms with Crippen molar-refractivity contribution in [2.45, 2.75) is 0 Å². The summed E-state index contributed by atoms with van der Waals surface area (Å²) in [6, 6.07) is 25.0. The summed E-state index contributed by atoms with van der Waals surface area (Å²) < 4.78 is 0.881. The number of rotatable bonds is 3. The molecule has 0 aromatic heterocycles. The number of hydrogen-bond acceptors (Lipinski definition) is 3. The van der Waals surface area contributed by atoms with Gasteiger partial charge in [-0.15, -0.1) is 0 Å². The molecule has 6 heteroatoms. The lowest BCUT2D eigenvalue weighted by molar-refractivity contribution is -0.136. The molecule has 4 aromatic rings. The van der Waals surface area contributed by atoms with E-state index in [0.29, 0.717) is 5.69 Å². The molecule has 0 bridgehead atoms. The van der Waals surface area contributed by atoms with E-state index in [1.807, 2.05) is 48.5 Å². The van der Waals surface area contributed by atoms with Gasteiger partial charge < -0.3 is 5.32 Å². The van der Waals surface area contributed by atoms with Crippen molar-refractivity contribution in [3.63, 3.8) is 0 Å². The molecule has 4 aromatic carbocycles. The third kappa shape index (κ3) is 4.17. The Kier molecular flexibility index (Phi) is 5.35. The van der Waals surface area contributed by atoms with Crippen LogP contribution in [-0.2, 0) is 9.59 Å². The van der Waals surface area contributed by atoms with Gasteiger partial charge in [0, 0.05) is 15.7 Å². The van der Waals surface area contributed by atoms with E-state index in [4.69, 9.17) is 0 Å². The maximum atomic E-state index is 12.1. The average molecular weight is 446 g/mol. The molecule has 4 rings (SSSR count). The first-order valence-electron chi connectivity index (χ1n) is 8.92. The highest BCUT2D eigenvalue weighted by atomic mass is 79.9. The summed E-state index contributed by atoms with van der Waals surface area (Å²) in [5.74, 6) is -1.62. The van der Waals surface area contributed by atoms with Crippen LogP contribution in [0.4, 0.5) is 5.69 Å². The maximum absolute atomic E-state index is 12.1. The summed E-state index contributed by atoms with van der Waals surface area (Å²) in [5, 5.41) is 10.7. The summed E-state index contributed by atoms with van der Waals surface area (Å²) in [6.07, 6.45) is 1.58. The topological polar surface area (TPSA) is 70.6 Å². The predicted octanol–water partition coefficient (Wildman–Crippen LogP) is 4.84. The second kappa shape index (κ2) is 8.24. The Bertz CT molecular complexity index is 1200. The summed E-state index contributed by atoms with van der Waals surface area (Å²) in [7, 11) is 0. The van der Waals surface area contributed by atoms with Gasteiger partial charge in [0.1, 0.15) is 0 Å². The van der Waals surface area contributed by atoms with Gasteiger partial charge in [0.2, 0.25) is 0 Å². The molecule has 0 heterocycles. The highest BCUT2D eigenvalue weighted by Gasteiger charge is 2.13. The number of hydrogen-bond donors (Lipinski definition) is 2. The number of hydrazone groups is 1. The molecule has 0 aliphatic heterocycles. The first-order valence-corrected chi connectivity index (χ1v) is 9.71. The largest absolute Gasteiger partial charge is 0.329 e. The fourth-order valence-corrected chi connectivity index (χ4v) is 3.38. The molecule has 2 N–H and O–H groups in total. The van der Waals surface area contributed by atoms with Crippen LogP contribution in [0.15, 0.2) is 88.4 Å². The number of halogens is 1. The van der Waals surface area contributed by atoms with Crippen LogP contribution in [-0.4, -0.2) is 18.0 Å². The van der Waals surface area contributed by atoms with Gasteiger partial charge in [0.05, 0.1) is 6.21 Å². The molecule has 0 atom stereocenters. The van der Waals surface area contributed by atoms with Crippen molar-refractivity contribution in [3.05, 3.63) is 88.9 Å². The number of benzene rings is 4. The first kappa shape index (κ1) is 18.8. The van der Waals surface area contributed by atoms with Gasteiger partial charge in [-0.2, -0.15) is 5.10 Å². The molecule has 0 saturated heterocycles. The number of carbonyl (C=O) groups is 2. The SMILES string of the molecule is O=C(N/N=C/c1c2ccccc2cc2ccccc12)C(=O)Nc1ccc(Br)cc1. The third-order valence-corrected chi connectivity index (χ3v) is 5.01. The lowest BCUT2D eigenvalue weighted by Gasteiger charge is -2.08. The van der Waals surface area contributed by atoms with Gasteiger partial charge in [0.15, 0.2) is 0 Å². The molecule has 29 heavy (non-hydrogen) atoms. The minimum absolute atomic E-state index is 0.525. The molecule has 0 spiro atoms. The Hall–Kier alpha value is -3.51. The zero-order chi connectivity index (χ0) is 20.2. The van der Waals surface area contributed by atoms with Gasteiger partial charge in [-0.3, -0.25) is 9.59 Å². The zero-order valence-corrected chi connectivity index (χ0v) is 16.8. The molecule has 0 aliphatic carbocycles. The molecule has 5 nitrogen and oxygen atoms in total. The second-order valence-electron chi connectivity index (χ2n) is 6.39. The van der Waals surface area contributed by atoms with Gasteiger partial charge >= 0.3 is 11.8 Å². The third-order valence-electron chi connectivity index (χ3n) is 4.48. The lowest BCUT2D eigenvalue weighted by atomic mass is 9.97. The zero-order valence-electron chi connectivity index (χ0n) is 15.2. The van der Waals surface area contributed by atoms with E-state index >= 15 is 0 Å². The molecule has 0 aliphatic rings. The van der Waals surface area contributed by atoms with Crippen LogP contribution < -0.4 is 10.7 Å². The number of nitrogens with zero attached hydrogens (tertiary/aromatic N) is 1. The molecule has 0 fully saturated rings. The standard InChI is InChI=1S/C23H16BrN3O2/c24-17-9-11-18(12-10-17)26-22(28)23(29)27-25-14-21-19-7-3-1-5-15(19)13-16-6-2-4-8-20(16)21/h1-14H,(H,26,28)(H,27,29)/b25-14+. The highest BCUT2D eigenvalue weighted by Crippen LogP contribution is 2.27. The van der Waals surface area contributed by atoms with Crippen LogP contribution in [0.1, 0.15) is 5.56 Å². The van der Waals surface area contributed by atoms with E-state index < -0.39 is 11.8 Å². The van der Waals surface area contributed by atoms with Crippen molar-refractivity contribution in [2.75, 3.05) is 5.32 Å². The van der Waals surface area contributed by atoms with Gasteiger partial charge in [-0.05, 0) is 51.9 Å². The van der Waals surface area contributed by atoms with E-state index in [0.717, 1.165) is 31.6 Å². The Morgan fingerprint density at radius 2 is 1.38 bits per heavy atom. The Balaban J connectivity index is 1.55. The predicted molar refractivity (Wildman–Crippen MR) is 120 cm³/mol. The first-order chi connectivity index (χ1) is 14.1. The van der Waals surface area contributed by atoms with E-state index in [2.05, 4.69) is 37.8 Å². The van der Waals surface area contributed by atoms with Crippen LogP contribution in [0.2, 0.25) is 0 Å². The van der Waals surface area contributed by atoms with Crippen LogP contribution >= 0.6 is 15.9 Å². The van der Waals surface area contributed by atoms with Crippen LogP contribution in [0.25, 0.3) is 21.5 Å². The molecular formula is C23H16BrN3O2. The van der Waals surface area contributed by atoms with E-state index in [1.54, 1.807) is 30.5 Å². The summed E-state index contributed by atoms with van der Waals surface area (Å²) in [6.45, 7) is 0. The summed E-state index contributed by atoms with van der Waals surface area (Å²) in [4.78, 5) is 24.1. The summed E-state index contributed by atoms with van der Waals surface area (Å²) in [5.41, 5.74) is 3.71. The number of nitrogens with one attached hydrogen (secondary N) is 2. The normalized spacial score (nSPS) is 11.1. The van der Waals surface area contributed by atoms with E-state index in [1.165, 1.54) is 0 Å². The van der Waals surface area contributed by atoms with Crippen molar-refractivity contribution < 1.29 is 9.59 Å². The smallest absolute Gasteiger partial charge is 0.318 e.